The quantitative estimate of drug-likeness (QED) is 0.444. The highest BCUT2D eigenvalue weighted by Crippen LogP contribution is 2.16. The Morgan fingerprint density at radius 1 is 1.31 bits per heavy atom. The zero-order chi connectivity index (χ0) is 11.8. The van der Waals surface area contributed by atoms with E-state index in [2.05, 4.69) is 17.1 Å². The molecule has 0 saturated carbocycles. The molecule has 0 spiro atoms. The van der Waals surface area contributed by atoms with Crippen molar-refractivity contribution in [2.24, 2.45) is 16.5 Å². The highest BCUT2D eigenvalue weighted by Gasteiger charge is 1.94. The molecule has 4 nitrogen and oxygen atoms in total. The average molecular weight is 239 g/mol. The number of thioether (sulfide) groups is 1. The Morgan fingerprint density at radius 3 is 2.56 bits per heavy atom. The second-order valence-electron chi connectivity index (χ2n) is 3.21. The van der Waals surface area contributed by atoms with Gasteiger partial charge in [0.05, 0.1) is 13.7 Å². The van der Waals surface area contributed by atoms with Gasteiger partial charge in [-0.15, -0.1) is 0 Å². The van der Waals surface area contributed by atoms with Crippen LogP contribution in [0.5, 0.6) is 5.75 Å². The Kier molecular flexibility index (Phi) is 5.56. The SMILES string of the molecule is COc1ccc(CSCCN=C(N)N)cc1. The molecule has 0 atom stereocenters. The first kappa shape index (κ1) is 12.7. The topological polar surface area (TPSA) is 73.6 Å². The van der Waals surface area contributed by atoms with Gasteiger partial charge in [0.2, 0.25) is 0 Å². The summed E-state index contributed by atoms with van der Waals surface area (Å²) in [6.45, 7) is 0.670. The van der Waals surface area contributed by atoms with Crippen LogP contribution in [0.2, 0.25) is 0 Å². The number of benzene rings is 1. The van der Waals surface area contributed by atoms with E-state index in [9.17, 15) is 0 Å². The zero-order valence-corrected chi connectivity index (χ0v) is 10.2. The molecule has 1 aromatic carbocycles. The van der Waals surface area contributed by atoms with E-state index in [0.29, 0.717) is 6.54 Å². The van der Waals surface area contributed by atoms with Crippen LogP contribution >= 0.6 is 11.8 Å². The first-order chi connectivity index (χ1) is 7.72. The lowest BCUT2D eigenvalue weighted by molar-refractivity contribution is 0.414. The lowest BCUT2D eigenvalue weighted by atomic mass is 10.2. The lowest BCUT2D eigenvalue weighted by Gasteiger charge is -2.02. The summed E-state index contributed by atoms with van der Waals surface area (Å²) in [6.07, 6.45) is 0. The summed E-state index contributed by atoms with van der Waals surface area (Å²) >= 11 is 1.80. The minimum atomic E-state index is 0.157. The van der Waals surface area contributed by atoms with Crippen LogP contribution in [-0.4, -0.2) is 25.4 Å². The minimum absolute atomic E-state index is 0.157. The van der Waals surface area contributed by atoms with Gasteiger partial charge in [0.1, 0.15) is 5.75 Å². The van der Waals surface area contributed by atoms with Crippen molar-refractivity contribution in [2.75, 3.05) is 19.4 Å². The van der Waals surface area contributed by atoms with E-state index >= 15 is 0 Å². The number of nitrogens with zero attached hydrogens (tertiary/aromatic N) is 1. The molecule has 16 heavy (non-hydrogen) atoms. The van der Waals surface area contributed by atoms with Crippen LogP contribution in [0.25, 0.3) is 0 Å². The number of methoxy groups -OCH3 is 1. The molecule has 0 radical (unpaired) electrons. The van der Waals surface area contributed by atoms with Crippen molar-refractivity contribution in [3.63, 3.8) is 0 Å². The van der Waals surface area contributed by atoms with Crippen LogP contribution in [-0.2, 0) is 5.75 Å². The lowest BCUT2D eigenvalue weighted by Crippen LogP contribution is -2.23. The van der Waals surface area contributed by atoms with Crippen LogP contribution in [0.1, 0.15) is 5.56 Å². The van der Waals surface area contributed by atoms with Crippen LogP contribution in [0, 0.1) is 0 Å². The largest absolute Gasteiger partial charge is 0.497 e. The zero-order valence-electron chi connectivity index (χ0n) is 9.35. The van der Waals surface area contributed by atoms with Crippen molar-refractivity contribution >= 4 is 17.7 Å². The summed E-state index contributed by atoms with van der Waals surface area (Å²) in [5.41, 5.74) is 11.7. The smallest absolute Gasteiger partial charge is 0.185 e. The van der Waals surface area contributed by atoms with Crippen LogP contribution in [0.4, 0.5) is 0 Å². The molecule has 0 bridgehead atoms. The highest BCUT2D eigenvalue weighted by molar-refractivity contribution is 7.98. The van der Waals surface area contributed by atoms with Crippen LogP contribution in [0.3, 0.4) is 0 Å². The van der Waals surface area contributed by atoms with Gasteiger partial charge in [-0.2, -0.15) is 11.8 Å². The summed E-state index contributed by atoms with van der Waals surface area (Å²) in [6, 6.07) is 8.05. The fourth-order valence-electron chi connectivity index (χ4n) is 1.15. The van der Waals surface area contributed by atoms with Gasteiger partial charge < -0.3 is 16.2 Å². The monoisotopic (exact) mass is 239 g/mol. The fourth-order valence-corrected chi connectivity index (χ4v) is 1.94. The van der Waals surface area contributed by atoms with Gasteiger partial charge in [0, 0.05) is 11.5 Å². The molecule has 0 unspecified atom stereocenters. The Bertz CT molecular complexity index is 334. The van der Waals surface area contributed by atoms with Crippen molar-refractivity contribution in [1.29, 1.82) is 0 Å². The van der Waals surface area contributed by atoms with Gasteiger partial charge in [-0.1, -0.05) is 12.1 Å². The fraction of sp³-hybridized carbons (Fsp3) is 0.364. The van der Waals surface area contributed by atoms with Crippen molar-refractivity contribution in [1.82, 2.24) is 0 Å². The summed E-state index contributed by atoms with van der Waals surface area (Å²) in [5.74, 6) is 2.92. The number of nitrogens with two attached hydrogens (primary N) is 2. The molecule has 5 heteroatoms. The molecule has 4 N–H and O–H groups in total. The molecule has 88 valence electrons. The third-order valence-corrected chi connectivity index (χ3v) is 2.97. The number of hydrogen-bond donors (Lipinski definition) is 2. The average Bonchev–Trinajstić information content (AvgIpc) is 2.29. The molecule has 1 rings (SSSR count). The number of aliphatic imine (C=N–C) groups is 1. The Hall–Kier alpha value is -1.36. The first-order valence-corrected chi connectivity index (χ1v) is 6.14. The van der Waals surface area contributed by atoms with Crippen LogP contribution in [0.15, 0.2) is 29.3 Å². The van der Waals surface area contributed by atoms with Crippen molar-refractivity contribution in [3.8, 4) is 5.75 Å². The van der Waals surface area contributed by atoms with Crippen LogP contribution < -0.4 is 16.2 Å². The van der Waals surface area contributed by atoms with Gasteiger partial charge in [0.15, 0.2) is 5.96 Å². The molecular formula is C11H17N3OS. The summed E-state index contributed by atoms with van der Waals surface area (Å²) in [5, 5.41) is 0. The highest BCUT2D eigenvalue weighted by atomic mass is 32.2. The van der Waals surface area contributed by atoms with E-state index in [1.165, 1.54) is 5.56 Å². The molecule has 0 fully saturated rings. The number of guanidine groups is 1. The third kappa shape index (κ3) is 4.93. The molecular weight excluding hydrogens is 222 g/mol. The Labute approximate surface area is 100 Å². The maximum absolute atomic E-state index is 5.22. The molecule has 0 aliphatic heterocycles. The van der Waals surface area contributed by atoms with E-state index in [4.69, 9.17) is 16.2 Å². The predicted octanol–water partition coefficient (Wildman–Crippen LogP) is 1.20. The van der Waals surface area contributed by atoms with Gasteiger partial charge in [-0.05, 0) is 17.7 Å². The van der Waals surface area contributed by atoms with Crippen molar-refractivity contribution in [2.45, 2.75) is 5.75 Å². The molecule has 0 saturated heterocycles. The van der Waals surface area contributed by atoms with E-state index in [0.717, 1.165) is 17.3 Å². The van der Waals surface area contributed by atoms with E-state index < -0.39 is 0 Å². The van der Waals surface area contributed by atoms with E-state index in [1.54, 1.807) is 18.9 Å². The standard InChI is InChI=1S/C11H17N3OS/c1-15-10-4-2-9(3-5-10)8-16-7-6-14-11(12)13/h2-5H,6-8H2,1H3,(H4,12,13,14). The molecule has 0 aromatic heterocycles. The second kappa shape index (κ2) is 7.00. The molecule has 0 amide bonds. The molecule has 0 aliphatic rings. The number of rotatable bonds is 6. The summed E-state index contributed by atoms with van der Waals surface area (Å²) in [7, 11) is 1.67. The first-order valence-electron chi connectivity index (χ1n) is 4.98. The van der Waals surface area contributed by atoms with Gasteiger partial charge in [-0.25, -0.2) is 0 Å². The molecule has 0 heterocycles. The van der Waals surface area contributed by atoms with E-state index in [1.807, 2.05) is 12.1 Å². The van der Waals surface area contributed by atoms with Gasteiger partial charge in [0.25, 0.3) is 0 Å². The maximum atomic E-state index is 5.22. The number of hydrogen-bond acceptors (Lipinski definition) is 3. The second-order valence-corrected chi connectivity index (χ2v) is 4.31. The normalized spacial score (nSPS) is 9.81. The minimum Gasteiger partial charge on any atom is -0.497 e. The Balaban J connectivity index is 2.24. The Morgan fingerprint density at radius 2 is 2.00 bits per heavy atom. The van der Waals surface area contributed by atoms with E-state index in [-0.39, 0.29) is 5.96 Å². The van der Waals surface area contributed by atoms with Gasteiger partial charge in [-0.3, -0.25) is 4.99 Å². The summed E-state index contributed by atoms with van der Waals surface area (Å²) in [4.78, 5) is 3.91. The molecule has 1 aromatic rings. The maximum Gasteiger partial charge on any atom is 0.185 e. The van der Waals surface area contributed by atoms with Crippen molar-refractivity contribution < 1.29 is 4.74 Å². The predicted molar refractivity (Wildman–Crippen MR) is 69.8 cm³/mol. The third-order valence-electron chi connectivity index (χ3n) is 1.96. The molecule has 0 aliphatic carbocycles. The number of ether oxygens (including phenoxy) is 1. The summed E-state index contributed by atoms with van der Waals surface area (Å²) < 4.78 is 5.09. The van der Waals surface area contributed by atoms with Gasteiger partial charge >= 0.3 is 0 Å². The van der Waals surface area contributed by atoms with Crippen molar-refractivity contribution in [3.05, 3.63) is 29.8 Å².